The van der Waals surface area contributed by atoms with Gasteiger partial charge >= 0.3 is 0 Å². The molecule has 0 atom stereocenters. The Morgan fingerprint density at radius 3 is 2.45 bits per heavy atom. The minimum absolute atomic E-state index is 0.174. The fourth-order valence-corrected chi connectivity index (χ4v) is 1.17. The Bertz CT molecular complexity index is 208. The largest absolute Gasteiger partial charge is 0.285 e. The SMILES string of the molecule is CC(C)(C)C1=NCC(CCl)=C1. The predicted molar refractivity (Wildman–Crippen MR) is 50.6 cm³/mol. The van der Waals surface area contributed by atoms with Gasteiger partial charge in [0.1, 0.15) is 0 Å². The zero-order chi connectivity index (χ0) is 8.48. The summed E-state index contributed by atoms with van der Waals surface area (Å²) in [5, 5.41) is 0. The number of aliphatic imine (C=N–C) groups is 1. The Balaban J connectivity index is 2.72. The fourth-order valence-electron chi connectivity index (χ4n) is 1.01. The molecule has 62 valence electrons. The second kappa shape index (κ2) is 2.98. The van der Waals surface area contributed by atoms with E-state index in [4.69, 9.17) is 11.6 Å². The van der Waals surface area contributed by atoms with Crippen molar-refractivity contribution in [3.05, 3.63) is 11.6 Å². The van der Waals surface area contributed by atoms with E-state index in [1.54, 1.807) is 0 Å². The van der Waals surface area contributed by atoms with Crippen molar-refractivity contribution in [1.29, 1.82) is 0 Å². The summed E-state index contributed by atoms with van der Waals surface area (Å²) in [5.41, 5.74) is 2.58. The number of hydrogen-bond donors (Lipinski definition) is 0. The smallest absolute Gasteiger partial charge is 0.0618 e. The maximum absolute atomic E-state index is 5.68. The molecule has 0 unspecified atom stereocenters. The minimum atomic E-state index is 0.174. The zero-order valence-electron chi connectivity index (χ0n) is 7.32. The molecular formula is C9H14ClN. The lowest BCUT2D eigenvalue weighted by molar-refractivity contribution is 0.594. The van der Waals surface area contributed by atoms with Crippen LogP contribution in [0, 0.1) is 5.41 Å². The topological polar surface area (TPSA) is 12.4 Å². The molecule has 0 aliphatic carbocycles. The molecule has 2 heteroatoms. The van der Waals surface area contributed by atoms with Crippen molar-refractivity contribution in [2.24, 2.45) is 10.4 Å². The number of halogens is 1. The van der Waals surface area contributed by atoms with Gasteiger partial charge in [-0.25, -0.2) is 0 Å². The van der Waals surface area contributed by atoms with Crippen LogP contribution in [-0.2, 0) is 0 Å². The Kier molecular flexibility index (Phi) is 2.38. The van der Waals surface area contributed by atoms with Crippen LogP contribution in [0.4, 0.5) is 0 Å². The third kappa shape index (κ3) is 2.06. The van der Waals surface area contributed by atoms with Gasteiger partial charge in [0.2, 0.25) is 0 Å². The van der Waals surface area contributed by atoms with E-state index >= 15 is 0 Å². The first kappa shape index (κ1) is 8.79. The first-order chi connectivity index (χ1) is 5.04. The number of alkyl halides is 1. The molecule has 0 amide bonds. The molecule has 1 aliphatic rings. The number of hydrogen-bond acceptors (Lipinski definition) is 1. The van der Waals surface area contributed by atoms with E-state index in [2.05, 4.69) is 31.8 Å². The van der Waals surface area contributed by atoms with Gasteiger partial charge < -0.3 is 0 Å². The number of nitrogens with zero attached hydrogens (tertiary/aromatic N) is 1. The highest BCUT2D eigenvalue weighted by Gasteiger charge is 2.20. The van der Waals surface area contributed by atoms with Gasteiger partial charge in [-0.05, 0) is 11.6 Å². The summed E-state index contributed by atoms with van der Waals surface area (Å²) in [4.78, 5) is 4.40. The fraction of sp³-hybridized carbons (Fsp3) is 0.667. The molecule has 11 heavy (non-hydrogen) atoms. The summed E-state index contributed by atoms with van der Waals surface area (Å²) < 4.78 is 0. The lowest BCUT2D eigenvalue weighted by atomic mass is 9.90. The van der Waals surface area contributed by atoms with Gasteiger partial charge in [-0.1, -0.05) is 20.8 Å². The van der Waals surface area contributed by atoms with Gasteiger partial charge in [0.25, 0.3) is 0 Å². The third-order valence-corrected chi connectivity index (χ3v) is 2.08. The molecule has 0 saturated heterocycles. The normalized spacial score (nSPS) is 18.2. The van der Waals surface area contributed by atoms with E-state index < -0.39 is 0 Å². The van der Waals surface area contributed by atoms with E-state index in [1.165, 1.54) is 11.3 Å². The van der Waals surface area contributed by atoms with Crippen molar-refractivity contribution in [2.45, 2.75) is 20.8 Å². The van der Waals surface area contributed by atoms with Gasteiger partial charge in [0.15, 0.2) is 0 Å². The molecule has 0 aromatic rings. The van der Waals surface area contributed by atoms with E-state index in [-0.39, 0.29) is 5.41 Å². The van der Waals surface area contributed by atoms with Crippen LogP contribution >= 0.6 is 11.6 Å². The van der Waals surface area contributed by atoms with Crippen LogP contribution in [0.25, 0.3) is 0 Å². The van der Waals surface area contributed by atoms with Crippen molar-refractivity contribution < 1.29 is 0 Å². The van der Waals surface area contributed by atoms with E-state index in [0.29, 0.717) is 5.88 Å². The summed E-state index contributed by atoms with van der Waals surface area (Å²) in [6, 6.07) is 0. The monoisotopic (exact) mass is 171 g/mol. The summed E-state index contributed by atoms with van der Waals surface area (Å²) in [6.07, 6.45) is 2.12. The Labute approximate surface area is 73.2 Å². The average molecular weight is 172 g/mol. The van der Waals surface area contributed by atoms with Gasteiger partial charge in [-0.2, -0.15) is 0 Å². The highest BCUT2D eigenvalue weighted by atomic mass is 35.5. The molecule has 0 saturated carbocycles. The van der Waals surface area contributed by atoms with E-state index in [0.717, 1.165) is 6.54 Å². The lowest BCUT2D eigenvalue weighted by Gasteiger charge is -2.16. The van der Waals surface area contributed by atoms with Gasteiger partial charge in [0.05, 0.1) is 6.54 Å². The first-order valence-electron chi connectivity index (χ1n) is 3.84. The van der Waals surface area contributed by atoms with Gasteiger partial charge in [-0.15, -0.1) is 11.6 Å². The molecule has 0 aromatic carbocycles. The summed E-state index contributed by atoms with van der Waals surface area (Å²) in [5.74, 6) is 0.614. The molecule has 1 heterocycles. The zero-order valence-corrected chi connectivity index (χ0v) is 8.07. The quantitative estimate of drug-likeness (QED) is 0.538. The standard InChI is InChI=1S/C9H14ClN/c1-9(2,3)8-4-7(5-10)6-11-8/h4H,5-6H2,1-3H3. The van der Waals surface area contributed by atoms with Gasteiger partial charge in [-0.3, -0.25) is 4.99 Å². The summed E-state index contributed by atoms with van der Waals surface area (Å²) >= 11 is 5.68. The number of allylic oxidation sites excluding steroid dienone is 1. The molecule has 1 rings (SSSR count). The molecule has 0 aromatic heterocycles. The predicted octanol–water partition coefficient (Wildman–Crippen LogP) is 2.65. The second-order valence-electron chi connectivity index (χ2n) is 3.89. The molecule has 0 N–H and O–H groups in total. The molecule has 1 nitrogen and oxygen atoms in total. The Morgan fingerprint density at radius 1 is 1.55 bits per heavy atom. The van der Waals surface area contributed by atoms with Crippen LogP contribution in [0.2, 0.25) is 0 Å². The van der Waals surface area contributed by atoms with Crippen LogP contribution < -0.4 is 0 Å². The van der Waals surface area contributed by atoms with Crippen LogP contribution in [-0.4, -0.2) is 18.1 Å². The Morgan fingerprint density at radius 2 is 2.18 bits per heavy atom. The average Bonchev–Trinajstić information content (AvgIpc) is 2.32. The second-order valence-corrected chi connectivity index (χ2v) is 4.15. The maximum Gasteiger partial charge on any atom is 0.0618 e. The summed E-state index contributed by atoms with van der Waals surface area (Å²) in [7, 11) is 0. The van der Waals surface area contributed by atoms with E-state index in [9.17, 15) is 0 Å². The van der Waals surface area contributed by atoms with Crippen LogP contribution in [0.1, 0.15) is 20.8 Å². The maximum atomic E-state index is 5.68. The van der Waals surface area contributed by atoms with Crippen LogP contribution in [0.5, 0.6) is 0 Å². The molecule has 0 spiro atoms. The molecule has 0 fully saturated rings. The lowest BCUT2D eigenvalue weighted by Crippen LogP contribution is -2.16. The van der Waals surface area contributed by atoms with Crippen molar-refractivity contribution in [3.8, 4) is 0 Å². The highest BCUT2D eigenvalue weighted by molar-refractivity contribution is 6.20. The molecule has 0 bridgehead atoms. The number of rotatable bonds is 1. The third-order valence-electron chi connectivity index (χ3n) is 1.73. The Hall–Kier alpha value is -0.300. The summed E-state index contributed by atoms with van der Waals surface area (Å²) in [6.45, 7) is 7.30. The molecule has 0 radical (unpaired) electrons. The van der Waals surface area contributed by atoms with Crippen molar-refractivity contribution in [3.63, 3.8) is 0 Å². The highest BCUT2D eigenvalue weighted by Crippen LogP contribution is 2.22. The molecular weight excluding hydrogens is 158 g/mol. The van der Waals surface area contributed by atoms with Crippen LogP contribution in [0.15, 0.2) is 16.6 Å². The molecule has 1 aliphatic heterocycles. The van der Waals surface area contributed by atoms with Gasteiger partial charge in [0, 0.05) is 17.0 Å². The van der Waals surface area contributed by atoms with E-state index in [1.807, 2.05) is 0 Å². The minimum Gasteiger partial charge on any atom is -0.285 e. The first-order valence-corrected chi connectivity index (χ1v) is 4.38. The van der Waals surface area contributed by atoms with Crippen molar-refractivity contribution in [1.82, 2.24) is 0 Å². The van der Waals surface area contributed by atoms with Crippen molar-refractivity contribution in [2.75, 3.05) is 12.4 Å². The van der Waals surface area contributed by atoms with Crippen LogP contribution in [0.3, 0.4) is 0 Å². The van der Waals surface area contributed by atoms with Crippen molar-refractivity contribution >= 4 is 17.3 Å².